The van der Waals surface area contributed by atoms with Crippen LogP contribution < -0.4 is 10.6 Å². The van der Waals surface area contributed by atoms with E-state index in [4.69, 9.17) is 11.6 Å². The molecule has 0 bridgehead atoms. The van der Waals surface area contributed by atoms with Crippen LogP contribution in [0.3, 0.4) is 0 Å². The third-order valence-electron chi connectivity index (χ3n) is 6.09. The first-order valence-corrected chi connectivity index (χ1v) is 11.7. The van der Waals surface area contributed by atoms with E-state index in [9.17, 15) is 14.4 Å². The van der Waals surface area contributed by atoms with Crippen LogP contribution in [0.4, 0.5) is 10.5 Å². The molecule has 1 aliphatic rings. The van der Waals surface area contributed by atoms with Crippen LogP contribution in [0.5, 0.6) is 0 Å². The van der Waals surface area contributed by atoms with Crippen molar-refractivity contribution in [2.24, 2.45) is 0 Å². The number of benzene rings is 2. The van der Waals surface area contributed by atoms with Crippen LogP contribution in [0.25, 0.3) is 11.8 Å². The predicted octanol–water partition coefficient (Wildman–Crippen LogP) is 5.15. The highest BCUT2D eigenvalue weighted by atomic mass is 35.5. The molecule has 1 aromatic heterocycles. The van der Waals surface area contributed by atoms with Crippen molar-refractivity contribution in [1.29, 1.82) is 0 Å². The number of hydrogen-bond acceptors (Lipinski definition) is 3. The minimum absolute atomic E-state index is 0.134. The smallest absolute Gasteiger partial charge is 0.325 e. The second-order valence-electron chi connectivity index (χ2n) is 8.53. The summed E-state index contributed by atoms with van der Waals surface area (Å²) in [6.45, 7) is 7.82. The van der Waals surface area contributed by atoms with Gasteiger partial charge in [-0.2, -0.15) is 0 Å². The molecule has 0 spiro atoms. The molecule has 1 fully saturated rings. The van der Waals surface area contributed by atoms with Crippen LogP contribution in [0.2, 0.25) is 5.02 Å². The molecule has 180 valence electrons. The Morgan fingerprint density at radius 3 is 2.49 bits per heavy atom. The summed E-state index contributed by atoms with van der Waals surface area (Å²) < 4.78 is 2.18. The summed E-state index contributed by atoms with van der Waals surface area (Å²) >= 11 is 5.86. The number of anilines is 1. The predicted molar refractivity (Wildman–Crippen MR) is 138 cm³/mol. The van der Waals surface area contributed by atoms with Gasteiger partial charge in [-0.25, -0.2) is 9.69 Å². The van der Waals surface area contributed by atoms with E-state index in [0.29, 0.717) is 10.7 Å². The zero-order valence-corrected chi connectivity index (χ0v) is 20.9. The Balaban J connectivity index is 1.57. The number of nitrogens with one attached hydrogen (secondary N) is 2. The van der Waals surface area contributed by atoms with Crippen molar-refractivity contribution < 1.29 is 14.4 Å². The van der Waals surface area contributed by atoms with Crippen LogP contribution >= 0.6 is 11.6 Å². The maximum Gasteiger partial charge on any atom is 0.329 e. The van der Waals surface area contributed by atoms with Gasteiger partial charge in [-0.05, 0) is 80.3 Å². The first kappa shape index (κ1) is 24.3. The number of imide groups is 1. The SMILES string of the molecule is CCc1cccc(C)c1-n1c(C)cc(/C=C2\NC(=O)N(CC(=O)Nc3ccc(Cl)cc3)C2=O)c1C. The van der Waals surface area contributed by atoms with Gasteiger partial charge in [-0.1, -0.05) is 36.7 Å². The van der Waals surface area contributed by atoms with Gasteiger partial charge >= 0.3 is 6.03 Å². The maximum atomic E-state index is 13.0. The standard InChI is InChI=1S/C27H27ClN4O3/c1-5-19-8-6-7-16(2)25(19)32-17(3)13-20(18(32)4)14-23-26(34)31(27(35)30-23)15-24(33)29-22-11-9-21(28)10-12-22/h6-14H,5,15H2,1-4H3,(H,29,33)(H,30,35)/b23-14-. The molecule has 1 aliphatic heterocycles. The van der Waals surface area contributed by atoms with E-state index in [0.717, 1.165) is 39.5 Å². The highest BCUT2D eigenvalue weighted by molar-refractivity contribution is 6.30. The number of hydrogen-bond donors (Lipinski definition) is 2. The van der Waals surface area contributed by atoms with E-state index in [1.54, 1.807) is 30.3 Å². The molecule has 0 atom stereocenters. The number of nitrogens with zero attached hydrogens (tertiary/aromatic N) is 2. The average molecular weight is 491 g/mol. The molecule has 0 unspecified atom stereocenters. The number of urea groups is 1. The molecule has 8 heteroatoms. The quantitative estimate of drug-likeness (QED) is 0.370. The fraction of sp³-hybridized carbons (Fsp3) is 0.222. The summed E-state index contributed by atoms with van der Waals surface area (Å²) in [4.78, 5) is 38.7. The summed E-state index contributed by atoms with van der Waals surface area (Å²) in [5.74, 6) is -1.03. The van der Waals surface area contributed by atoms with Gasteiger partial charge in [0.2, 0.25) is 5.91 Å². The fourth-order valence-corrected chi connectivity index (χ4v) is 4.48. The second kappa shape index (κ2) is 9.80. The molecular weight excluding hydrogens is 464 g/mol. The fourth-order valence-electron chi connectivity index (χ4n) is 4.35. The van der Waals surface area contributed by atoms with E-state index >= 15 is 0 Å². The summed E-state index contributed by atoms with van der Waals surface area (Å²) in [7, 11) is 0. The zero-order chi connectivity index (χ0) is 25.3. The van der Waals surface area contributed by atoms with Crippen molar-refractivity contribution >= 4 is 41.2 Å². The third kappa shape index (κ3) is 4.86. The maximum absolute atomic E-state index is 13.0. The number of halogens is 1. The lowest BCUT2D eigenvalue weighted by molar-refractivity contribution is -0.127. The van der Waals surface area contributed by atoms with Crippen LogP contribution in [0.1, 0.15) is 35.0 Å². The Hall–Kier alpha value is -3.84. The lowest BCUT2D eigenvalue weighted by Gasteiger charge is -2.17. The van der Waals surface area contributed by atoms with Crippen molar-refractivity contribution in [3.8, 4) is 5.69 Å². The van der Waals surface area contributed by atoms with Gasteiger partial charge < -0.3 is 15.2 Å². The van der Waals surface area contributed by atoms with Crippen LogP contribution in [0.15, 0.2) is 54.2 Å². The lowest BCUT2D eigenvalue weighted by atomic mass is 10.1. The van der Waals surface area contributed by atoms with Crippen molar-refractivity contribution in [2.75, 3.05) is 11.9 Å². The summed E-state index contributed by atoms with van der Waals surface area (Å²) in [6.07, 6.45) is 2.56. The molecule has 0 radical (unpaired) electrons. The number of para-hydroxylation sites is 1. The van der Waals surface area contributed by atoms with Crippen LogP contribution in [-0.2, 0) is 16.0 Å². The molecule has 4 rings (SSSR count). The Labute approximate surface area is 209 Å². The Kier molecular flexibility index (Phi) is 6.80. The van der Waals surface area contributed by atoms with E-state index in [1.807, 2.05) is 19.9 Å². The number of amides is 4. The van der Waals surface area contributed by atoms with Gasteiger partial charge in [0.05, 0.1) is 5.69 Å². The van der Waals surface area contributed by atoms with Gasteiger partial charge in [-0.15, -0.1) is 0 Å². The largest absolute Gasteiger partial charge is 0.329 e. The highest BCUT2D eigenvalue weighted by Crippen LogP contribution is 2.28. The van der Waals surface area contributed by atoms with Crippen LogP contribution in [0, 0.1) is 20.8 Å². The lowest BCUT2D eigenvalue weighted by Crippen LogP contribution is -2.38. The van der Waals surface area contributed by atoms with Gasteiger partial charge in [0, 0.05) is 22.1 Å². The molecule has 0 saturated carbocycles. The molecule has 4 amide bonds. The van der Waals surface area contributed by atoms with Gasteiger partial charge in [-0.3, -0.25) is 9.59 Å². The van der Waals surface area contributed by atoms with Crippen molar-refractivity contribution in [3.63, 3.8) is 0 Å². The minimum Gasteiger partial charge on any atom is -0.325 e. The number of rotatable bonds is 6. The normalized spacial score (nSPS) is 14.5. The Morgan fingerprint density at radius 2 is 1.80 bits per heavy atom. The van der Waals surface area contributed by atoms with E-state index in [2.05, 4.69) is 47.2 Å². The van der Waals surface area contributed by atoms with E-state index < -0.39 is 24.4 Å². The first-order valence-electron chi connectivity index (χ1n) is 11.4. The molecule has 2 heterocycles. The first-order chi connectivity index (χ1) is 16.7. The number of aryl methyl sites for hydroxylation is 3. The van der Waals surface area contributed by atoms with Gasteiger partial charge in [0.1, 0.15) is 12.2 Å². The third-order valence-corrected chi connectivity index (χ3v) is 6.34. The topological polar surface area (TPSA) is 83.4 Å². The molecule has 35 heavy (non-hydrogen) atoms. The molecule has 3 aromatic rings. The Bertz CT molecular complexity index is 1360. The average Bonchev–Trinajstić information content (AvgIpc) is 3.24. The van der Waals surface area contributed by atoms with Crippen molar-refractivity contribution in [1.82, 2.24) is 14.8 Å². The van der Waals surface area contributed by atoms with Crippen molar-refractivity contribution in [2.45, 2.75) is 34.1 Å². The summed E-state index contributed by atoms with van der Waals surface area (Å²) in [5.41, 5.74) is 6.99. The highest BCUT2D eigenvalue weighted by Gasteiger charge is 2.35. The molecule has 2 N–H and O–H groups in total. The van der Waals surface area contributed by atoms with E-state index in [-0.39, 0.29) is 5.70 Å². The summed E-state index contributed by atoms with van der Waals surface area (Å²) in [6, 6.07) is 14.2. The zero-order valence-electron chi connectivity index (χ0n) is 20.1. The molecule has 1 saturated heterocycles. The molecule has 0 aliphatic carbocycles. The molecule has 2 aromatic carbocycles. The van der Waals surface area contributed by atoms with Crippen LogP contribution in [-0.4, -0.2) is 33.9 Å². The van der Waals surface area contributed by atoms with E-state index in [1.165, 1.54) is 5.56 Å². The minimum atomic E-state index is -0.631. The number of carbonyl (C=O) groups excluding carboxylic acids is 3. The Morgan fingerprint density at radius 1 is 1.09 bits per heavy atom. The second-order valence-corrected chi connectivity index (χ2v) is 8.97. The van der Waals surface area contributed by atoms with Gasteiger partial charge in [0.25, 0.3) is 5.91 Å². The number of carbonyl (C=O) groups is 3. The number of aromatic nitrogens is 1. The summed E-state index contributed by atoms with van der Waals surface area (Å²) in [5, 5.41) is 5.80. The molecular formula is C27H27ClN4O3. The van der Waals surface area contributed by atoms with Crippen molar-refractivity contribution in [3.05, 3.63) is 87.3 Å². The van der Waals surface area contributed by atoms with Gasteiger partial charge in [0.15, 0.2) is 0 Å². The monoisotopic (exact) mass is 490 g/mol. The molecule has 7 nitrogen and oxygen atoms in total.